The summed E-state index contributed by atoms with van der Waals surface area (Å²) in [7, 11) is 0. The summed E-state index contributed by atoms with van der Waals surface area (Å²) in [4.78, 5) is 24.5. The summed E-state index contributed by atoms with van der Waals surface area (Å²) in [5.41, 5.74) is 1.20. The second-order valence-corrected chi connectivity index (χ2v) is 6.33. The number of ketones is 1. The highest BCUT2D eigenvalue weighted by Gasteiger charge is 2.28. The molecule has 0 saturated heterocycles. The van der Waals surface area contributed by atoms with Crippen LogP contribution in [0.2, 0.25) is 5.02 Å². The topological polar surface area (TPSA) is 65.7 Å². The number of allylic oxidation sites excluding steroid dienone is 1. The molecule has 3 aromatic rings. The normalized spacial score (nSPS) is 14.1. The Kier molecular flexibility index (Phi) is 4.52. The number of furan rings is 1. The van der Waals surface area contributed by atoms with Crippen LogP contribution in [-0.2, 0) is 11.2 Å². The van der Waals surface area contributed by atoms with Crippen molar-refractivity contribution in [2.45, 2.75) is 6.42 Å². The standard InChI is InChI=1S/C21H13ClO5/c22-14-5-3-13(4-6-14)10-20(23)26-16-7-8-17-18(12-16)27-19(21(17)24)11-15-2-1-9-25-15/h1-9,11-12H,10H2/b19-11-. The molecule has 1 aromatic heterocycles. The maximum Gasteiger partial charge on any atom is 0.315 e. The molecular weight excluding hydrogens is 368 g/mol. The van der Waals surface area contributed by atoms with Crippen molar-refractivity contribution in [3.05, 3.63) is 88.5 Å². The molecule has 4 rings (SSSR count). The Morgan fingerprint density at radius 3 is 2.67 bits per heavy atom. The van der Waals surface area contributed by atoms with Crippen molar-refractivity contribution in [3.8, 4) is 11.5 Å². The van der Waals surface area contributed by atoms with Gasteiger partial charge in [0.15, 0.2) is 5.76 Å². The van der Waals surface area contributed by atoms with Gasteiger partial charge >= 0.3 is 5.97 Å². The van der Waals surface area contributed by atoms with E-state index in [-0.39, 0.29) is 18.0 Å². The number of carbonyl (C=O) groups is 2. The highest BCUT2D eigenvalue weighted by molar-refractivity contribution is 6.30. The van der Waals surface area contributed by atoms with Gasteiger partial charge in [-0.2, -0.15) is 0 Å². The van der Waals surface area contributed by atoms with Crippen LogP contribution >= 0.6 is 11.6 Å². The quantitative estimate of drug-likeness (QED) is 0.373. The van der Waals surface area contributed by atoms with Crippen molar-refractivity contribution < 1.29 is 23.5 Å². The molecule has 134 valence electrons. The molecule has 0 unspecified atom stereocenters. The largest absolute Gasteiger partial charge is 0.465 e. The van der Waals surface area contributed by atoms with Crippen LogP contribution in [0.25, 0.3) is 6.08 Å². The Morgan fingerprint density at radius 2 is 1.93 bits per heavy atom. The summed E-state index contributed by atoms with van der Waals surface area (Å²) in [5, 5.41) is 0.603. The monoisotopic (exact) mass is 380 g/mol. The Morgan fingerprint density at radius 1 is 1.11 bits per heavy atom. The minimum Gasteiger partial charge on any atom is -0.465 e. The lowest BCUT2D eigenvalue weighted by Gasteiger charge is -2.06. The summed E-state index contributed by atoms with van der Waals surface area (Å²) in [6, 6.07) is 15.1. The second-order valence-electron chi connectivity index (χ2n) is 5.89. The summed E-state index contributed by atoms with van der Waals surface area (Å²) >= 11 is 5.83. The number of fused-ring (bicyclic) bond motifs is 1. The van der Waals surface area contributed by atoms with Crippen molar-refractivity contribution in [3.63, 3.8) is 0 Å². The molecule has 0 fully saturated rings. The Hall–Kier alpha value is -3.31. The number of hydrogen-bond acceptors (Lipinski definition) is 5. The predicted octanol–water partition coefficient (Wildman–Crippen LogP) is 4.70. The number of ether oxygens (including phenoxy) is 2. The van der Waals surface area contributed by atoms with Gasteiger partial charge in [0.1, 0.15) is 17.3 Å². The van der Waals surface area contributed by atoms with Gasteiger partial charge in [0, 0.05) is 17.2 Å². The Labute approximate surface area is 159 Å². The van der Waals surface area contributed by atoms with Crippen molar-refractivity contribution in [2.24, 2.45) is 0 Å². The molecule has 1 aliphatic heterocycles. The molecule has 0 amide bonds. The van der Waals surface area contributed by atoms with Gasteiger partial charge in [0.25, 0.3) is 0 Å². The molecular formula is C21H13ClO5. The van der Waals surface area contributed by atoms with Crippen LogP contribution in [0.15, 0.2) is 71.0 Å². The zero-order chi connectivity index (χ0) is 18.8. The third kappa shape index (κ3) is 3.78. The number of halogens is 1. The molecule has 0 radical (unpaired) electrons. The van der Waals surface area contributed by atoms with Crippen LogP contribution < -0.4 is 9.47 Å². The van der Waals surface area contributed by atoms with E-state index in [1.165, 1.54) is 18.4 Å². The highest BCUT2D eigenvalue weighted by Crippen LogP contribution is 2.35. The van der Waals surface area contributed by atoms with Gasteiger partial charge in [0.2, 0.25) is 5.78 Å². The lowest BCUT2D eigenvalue weighted by Crippen LogP contribution is -2.11. The number of esters is 1. The van der Waals surface area contributed by atoms with Crippen LogP contribution in [0.4, 0.5) is 0 Å². The fourth-order valence-electron chi connectivity index (χ4n) is 2.67. The van der Waals surface area contributed by atoms with Gasteiger partial charge in [0.05, 0.1) is 18.2 Å². The van der Waals surface area contributed by atoms with E-state index >= 15 is 0 Å². The Bertz CT molecular complexity index is 1030. The fourth-order valence-corrected chi connectivity index (χ4v) is 2.80. The van der Waals surface area contributed by atoms with Crippen LogP contribution in [0, 0.1) is 0 Å². The zero-order valence-corrected chi connectivity index (χ0v) is 14.7. The third-order valence-corrected chi connectivity index (χ3v) is 4.20. The number of hydrogen-bond donors (Lipinski definition) is 0. The first-order chi connectivity index (χ1) is 13.1. The van der Waals surface area contributed by atoms with E-state index in [9.17, 15) is 9.59 Å². The van der Waals surface area contributed by atoms with Crippen molar-refractivity contribution >= 4 is 29.4 Å². The second kappa shape index (κ2) is 7.13. The molecule has 2 aromatic carbocycles. The zero-order valence-electron chi connectivity index (χ0n) is 14.0. The van der Waals surface area contributed by atoms with Gasteiger partial charge < -0.3 is 13.9 Å². The lowest BCUT2D eigenvalue weighted by molar-refractivity contribution is -0.133. The van der Waals surface area contributed by atoms with Crippen molar-refractivity contribution in [1.29, 1.82) is 0 Å². The van der Waals surface area contributed by atoms with Gasteiger partial charge in [-0.1, -0.05) is 23.7 Å². The van der Waals surface area contributed by atoms with E-state index in [1.807, 2.05) is 0 Å². The van der Waals surface area contributed by atoms with Crippen LogP contribution in [0.3, 0.4) is 0 Å². The first-order valence-electron chi connectivity index (χ1n) is 8.15. The summed E-state index contributed by atoms with van der Waals surface area (Å²) < 4.78 is 16.1. The highest BCUT2D eigenvalue weighted by atomic mass is 35.5. The fraction of sp³-hybridized carbons (Fsp3) is 0.0476. The third-order valence-electron chi connectivity index (χ3n) is 3.95. The summed E-state index contributed by atoms with van der Waals surface area (Å²) in [6.45, 7) is 0. The summed E-state index contributed by atoms with van der Waals surface area (Å²) in [6.07, 6.45) is 3.14. The SMILES string of the molecule is O=C(Cc1ccc(Cl)cc1)Oc1ccc2c(c1)O/C(=C\c1ccco1)C2=O. The van der Waals surface area contributed by atoms with Gasteiger partial charge in [-0.05, 0) is 42.0 Å². The maximum atomic E-state index is 12.4. The molecule has 5 nitrogen and oxygen atoms in total. The minimum absolute atomic E-state index is 0.109. The van der Waals surface area contributed by atoms with E-state index in [1.54, 1.807) is 48.5 Å². The average molecular weight is 381 g/mol. The number of benzene rings is 2. The van der Waals surface area contributed by atoms with E-state index in [0.717, 1.165) is 5.56 Å². The molecule has 0 spiro atoms. The molecule has 0 aliphatic carbocycles. The maximum absolute atomic E-state index is 12.4. The van der Waals surface area contributed by atoms with Crippen molar-refractivity contribution in [1.82, 2.24) is 0 Å². The first-order valence-corrected chi connectivity index (χ1v) is 8.53. The predicted molar refractivity (Wildman–Crippen MR) is 98.9 cm³/mol. The molecule has 0 saturated carbocycles. The Balaban J connectivity index is 1.47. The number of carbonyl (C=O) groups excluding carboxylic acids is 2. The minimum atomic E-state index is -0.423. The molecule has 0 bridgehead atoms. The molecule has 2 heterocycles. The van der Waals surface area contributed by atoms with E-state index in [0.29, 0.717) is 27.8 Å². The molecule has 27 heavy (non-hydrogen) atoms. The number of rotatable bonds is 4. The molecule has 0 atom stereocenters. The molecule has 0 N–H and O–H groups in total. The summed E-state index contributed by atoms with van der Waals surface area (Å²) in [5.74, 6) is 0.646. The van der Waals surface area contributed by atoms with Crippen molar-refractivity contribution in [2.75, 3.05) is 0 Å². The van der Waals surface area contributed by atoms with Gasteiger partial charge in [-0.15, -0.1) is 0 Å². The molecule has 6 heteroatoms. The van der Waals surface area contributed by atoms with E-state index in [4.69, 9.17) is 25.5 Å². The average Bonchev–Trinajstić information content (AvgIpc) is 3.26. The smallest absolute Gasteiger partial charge is 0.315 e. The van der Waals surface area contributed by atoms with Crippen LogP contribution in [0.5, 0.6) is 11.5 Å². The molecule has 1 aliphatic rings. The van der Waals surface area contributed by atoms with Crippen LogP contribution in [-0.4, -0.2) is 11.8 Å². The van der Waals surface area contributed by atoms with Crippen LogP contribution in [0.1, 0.15) is 21.7 Å². The first kappa shape index (κ1) is 17.1. The van der Waals surface area contributed by atoms with E-state index < -0.39 is 5.97 Å². The van der Waals surface area contributed by atoms with Gasteiger partial charge in [-0.3, -0.25) is 9.59 Å². The lowest BCUT2D eigenvalue weighted by atomic mass is 10.1. The number of Topliss-reactive ketones (excluding diaryl/α,β-unsaturated/α-hetero) is 1. The van der Waals surface area contributed by atoms with Gasteiger partial charge in [-0.25, -0.2) is 0 Å². The van der Waals surface area contributed by atoms with E-state index in [2.05, 4.69) is 0 Å².